The maximum atomic E-state index is 11.7. The van der Waals surface area contributed by atoms with E-state index < -0.39 is 0 Å². The lowest BCUT2D eigenvalue weighted by Crippen LogP contribution is -2.35. The number of hydrogen-bond acceptors (Lipinski definition) is 3. The molecule has 1 aromatic rings. The third-order valence-electron chi connectivity index (χ3n) is 2.33. The number of anilines is 1. The Hall–Kier alpha value is -1.26. The molecule has 0 aliphatic heterocycles. The Morgan fingerprint density at radius 1 is 1.53 bits per heavy atom. The van der Waals surface area contributed by atoms with Gasteiger partial charge in [-0.25, -0.2) is 0 Å². The predicted octanol–water partition coefficient (Wildman–Crippen LogP) is 2.29. The molecule has 1 atom stereocenters. The zero-order valence-electron chi connectivity index (χ0n) is 10.2. The third kappa shape index (κ3) is 3.91. The lowest BCUT2D eigenvalue weighted by molar-refractivity contribution is -0.117. The fourth-order valence-electron chi connectivity index (χ4n) is 1.25. The van der Waals surface area contributed by atoms with E-state index in [9.17, 15) is 4.79 Å². The maximum Gasteiger partial charge on any atom is 0.241 e. The Morgan fingerprint density at radius 3 is 2.82 bits per heavy atom. The first-order chi connectivity index (χ1) is 8.08. The predicted molar refractivity (Wildman–Crippen MR) is 69.8 cm³/mol. The van der Waals surface area contributed by atoms with Crippen LogP contribution in [0.15, 0.2) is 18.2 Å². The van der Waals surface area contributed by atoms with Crippen LogP contribution in [0.3, 0.4) is 0 Å². The number of halogens is 1. The molecule has 0 aliphatic carbocycles. The van der Waals surface area contributed by atoms with Crippen LogP contribution in [0.1, 0.15) is 13.8 Å². The first-order valence-electron chi connectivity index (χ1n) is 5.49. The van der Waals surface area contributed by atoms with E-state index in [4.69, 9.17) is 16.3 Å². The van der Waals surface area contributed by atoms with Gasteiger partial charge in [0.25, 0.3) is 0 Å². The van der Waals surface area contributed by atoms with Gasteiger partial charge in [-0.05, 0) is 39.1 Å². The van der Waals surface area contributed by atoms with E-state index >= 15 is 0 Å². The normalized spacial score (nSPS) is 12.0. The van der Waals surface area contributed by atoms with Crippen molar-refractivity contribution in [1.29, 1.82) is 0 Å². The van der Waals surface area contributed by atoms with Gasteiger partial charge in [-0.2, -0.15) is 0 Å². The van der Waals surface area contributed by atoms with Crippen molar-refractivity contribution in [2.75, 3.05) is 19.0 Å². The van der Waals surface area contributed by atoms with Gasteiger partial charge in [-0.1, -0.05) is 11.6 Å². The SMILES string of the molecule is CCOc1ccc(Cl)cc1NC(=O)C(C)NC. The molecule has 1 amide bonds. The van der Waals surface area contributed by atoms with Crippen LogP contribution in [0.25, 0.3) is 0 Å². The summed E-state index contributed by atoms with van der Waals surface area (Å²) < 4.78 is 5.41. The van der Waals surface area contributed by atoms with Crippen molar-refractivity contribution in [3.63, 3.8) is 0 Å². The number of likely N-dealkylation sites (N-methyl/N-ethyl adjacent to an activating group) is 1. The van der Waals surface area contributed by atoms with E-state index in [0.717, 1.165) is 0 Å². The van der Waals surface area contributed by atoms with Gasteiger partial charge in [0.1, 0.15) is 5.75 Å². The number of ether oxygens (including phenoxy) is 1. The minimum Gasteiger partial charge on any atom is -0.492 e. The maximum absolute atomic E-state index is 11.7. The number of carbonyl (C=O) groups is 1. The van der Waals surface area contributed by atoms with Gasteiger partial charge in [0.15, 0.2) is 0 Å². The minimum atomic E-state index is -0.275. The molecule has 1 unspecified atom stereocenters. The second-order valence-electron chi connectivity index (χ2n) is 3.57. The lowest BCUT2D eigenvalue weighted by atomic mass is 10.2. The monoisotopic (exact) mass is 256 g/mol. The summed E-state index contributed by atoms with van der Waals surface area (Å²) in [6, 6.07) is 4.87. The summed E-state index contributed by atoms with van der Waals surface area (Å²) in [6.45, 7) is 4.20. The molecule has 0 aliphatic rings. The molecule has 5 heteroatoms. The summed E-state index contributed by atoms with van der Waals surface area (Å²) in [5.74, 6) is 0.490. The minimum absolute atomic E-state index is 0.129. The molecular formula is C12H17ClN2O2. The summed E-state index contributed by atoms with van der Waals surface area (Å²) in [6.07, 6.45) is 0. The second-order valence-corrected chi connectivity index (χ2v) is 4.01. The zero-order chi connectivity index (χ0) is 12.8. The molecule has 0 fully saturated rings. The Morgan fingerprint density at radius 2 is 2.24 bits per heavy atom. The molecule has 17 heavy (non-hydrogen) atoms. The topological polar surface area (TPSA) is 50.4 Å². The molecule has 0 spiro atoms. The number of rotatable bonds is 5. The van der Waals surface area contributed by atoms with E-state index in [0.29, 0.717) is 23.1 Å². The van der Waals surface area contributed by atoms with Gasteiger partial charge < -0.3 is 15.4 Å². The number of hydrogen-bond donors (Lipinski definition) is 2. The number of benzene rings is 1. The van der Waals surface area contributed by atoms with Crippen LogP contribution in [0.4, 0.5) is 5.69 Å². The largest absolute Gasteiger partial charge is 0.492 e. The number of amides is 1. The van der Waals surface area contributed by atoms with Crippen LogP contribution in [0, 0.1) is 0 Å². The molecule has 0 radical (unpaired) electrons. The van der Waals surface area contributed by atoms with Gasteiger partial charge in [0.05, 0.1) is 18.3 Å². The fraction of sp³-hybridized carbons (Fsp3) is 0.417. The first-order valence-corrected chi connectivity index (χ1v) is 5.86. The van der Waals surface area contributed by atoms with Crippen LogP contribution >= 0.6 is 11.6 Å². The zero-order valence-corrected chi connectivity index (χ0v) is 11.0. The van der Waals surface area contributed by atoms with Gasteiger partial charge in [-0.15, -0.1) is 0 Å². The second kappa shape index (κ2) is 6.47. The van der Waals surface area contributed by atoms with Gasteiger partial charge in [0, 0.05) is 5.02 Å². The molecular weight excluding hydrogens is 240 g/mol. The van der Waals surface area contributed by atoms with Crippen molar-refractivity contribution >= 4 is 23.2 Å². The van der Waals surface area contributed by atoms with E-state index in [1.165, 1.54) is 0 Å². The van der Waals surface area contributed by atoms with Crippen molar-refractivity contribution in [2.45, 2.75) is 19.9 Å². The van der Waals surface area contributed by atoms with Crippen LogP contribution in [-0.4, -0.2) is 25.6 Å². The Kier molecular flexibility index (Phi) is 5.25. The average molecular weight is 257 g/mol. The number of nitrogens with one attached hydrogen (secondary N) is 2. The van der Waals surface area contributed by atoms with Crippen LogP contribution < -0.4 is 15.4 Å². The van der Waals surface area contributed by atoms with Crippen molar-refractivity contribution < 1.29 is 9.53 Å². The molecule has 0 heterocycles. The van der Waals surface area contributed by atoms with Gasteiger partial charge in [-0.3, -0.25) is 4.79 Å². The molecule has 0 bridgehead atoms. The summed E-state index contributed by atoms with van der Waals surface area (Å²) >= 11 is 5.89. The standard InChI is InChI=1S/C12H17ClN2O2/c1-4-17-11-6-5-9(13)7-10(11)15-12(16)8(2)14-3/h5-8,14H,4H2,1-3H3,(H,15,16). The van der Waals surface area contributed by atoms with E-state index in [1.54, 1.807) is 32.2 Å². The number of carbonyl (C=O) groups excluding carboxylic acids is 1. The first kappa shape index (κ1) is 13.8. The van der Waals surface area contributed by atoms with Crippen molar-refractivity contribution in [2.24, 2.45) is 0 Å². The smallest absolute Gasteiger partial charge is 0.241 e. The van der Waals surface area contributed by atoms with Crippen molar-refractivity contribution in [3.8, 4) is 5.75 Å². The summed E-state index contributed by atoms with van der Waals surface area (Å²) in [4.78, 5) is 11.7. The highest BCUT2D eigenvalue weighted by Crippen LogP contribution is 2.28. The molecule has 0 aromatic heterocycles. The van der Waals surface area contributed by atoms with Crippen molar-refractivity contribution in [3.05, 3.63) is 23.2 Å². The quantitative estimate of drug-likeness (QED) is 0.850. The van der Waals surface area contributed by atoms with Crippen LogP contribution in [0.2, 0.25) is 5.02 Å². The Bertz CT molecular complexity index is 396. The van der Waals surface area contributed by atoms with Crippen LogP contribution in [0.5, 0.6) is 5.75 Å². The van der Waals surface area contributed by atoms with Crippen LogP contribution in [-0.2, 0) is 4.79 Å². The molecule has 4 nitrogen and oxygen atoms in total. The average Bonchev–Trinajstić information content (AvgIpc) is 2.31. The lowest BCUT2D eigenvalue weighted by Gasteiger charge is -2.14. The molecule has 2 N–H and O–H groups in total. The Labute approximate surface area is 106 Å². The highest BCUT2D eigenvalue weighted by Gasteiger charge is 2.13. The fourth-order valence-corrected chi connectivity index (χ4v) is 1.43. The molecule has 0 saturated heterocycles. The van der Waals surface area contributed by atoms with E-state index in [2.05, 4.69) is 10.6 Å². The van der Waals surface area contributed by atoms with Gasteiger partial charge >= 0.3 is 0 Å². The van der Waals surface area contributed by atoms with E-state index in [1.807, 2.05) is 6.92 Å². The summed E-state index contributed by atoms with van der Waals surface area (Å²) in [5.41, 5.74) is 0.589. The van der Waals surface area contributed by atoms with E-state index in [-0.39, 0.29) is 11.9 Å². The summed E-state index contributed by atoms with van der Waals surface area (Å²) in [5, 5.41) is 6.20. The summed E-state index contributed by atoms with van der Waals surface area (Å²) in [7, 11) is 1.73. The van der Waals surface area contributed by atoms with Crippen molar-refractivity contribution in [1.82, 2.24) is 5.32 Å². The molecule has 1 rings (SSSR count). The highest BCUT2D eigenvalue weighted by atomic mass is 35.5. The molecule has 1 aromatic carbocycles. The highest BCUT2D eigenvalue weighted by molar-refractivity contribution is 6.31. The Balaban J connectivity index is 2.87. The third-order valence-corrected chi connectivity index (χ3v) is 2.56. The molecule has 0 saturated carbocycles. The molecule has 94 valence electrons. The van der Waals surface area contributed by atoms with Gasteiger partial charge in [0.2, 0.25) is 5.91 Å².